The summed E-state index contributed by atoms with van der Waals surface area (Å²) in [5.41, 5.74) is 1.02. The van der Waals surface area contributed by atoms with Crippen LogP contribution in [0, 0.1) is 9.49 Å². The third kappa shape index (κ3) is 4.34. The van der Waals surface area contributed by atoms with Gasteiger partial charge in [-0.1, -0.05) is 25.4 Å². The number of hydrogen-bond donors (Lipinski definition) is 0. The zero-order chi connectivity index (χ0) is 13.0. The quantitative estimate of drug-likeness (QED) is 0.581. The van der Waals surface area contributed by atoms with E-state index in [2.05, 4.69) is 46.4 Å². The minimum atomic E-state index is -0.111. The van der Waals surface area contributed by atoms with Crippen LogP contribution in [0.15, 0.2) is 0 Å². The van der Waals surface area contributed by atoms with Crippen molar-refractivity contribution in [2.24, 2.45) is 5.92 Å². The molecule has 5 heteroatoms. The van der Waals surface area contributed by atoms with Crippen molar-refractivity contribution < 1.29 is 4.74 Å². The van der Waals surface area contributed by atoms with Crippen LogP contribution in [0.2, 0.25) is 5.15 Å². The minimum absolute atomic E-state index is 0.111. The van der Waals surface area contributed by atoms with Crippen LogP contribution < -0.4 is 0 Å². The van der Waals surface area contributed by atoms with Gasteiger partial charge in [0.2, 0.25) is 0 Å². The molecule has 0 aliphatic carbocycles. The molecule has 0 radical (unpaired) electrons. The zero-order valence-electron chi connectivity index (χ0n) is 10.6. The molecule has 17 heavy (non-hydrogen) atoms. The van der Waals surface area contributed by atoms with Gasteiger partial charge in [-0.15, -0.1) is 0 Å². The summed E-state index contributed by atoms with van der Waals surface area (Å²) < 4.78 is 6.45. The molecule has 0 aliphatic heterocycles. The van der Waals surface area contributed by atoms with E-state index in [0.717, 1.165) is 15.7 Å². The first-order chi connectivity index (χ1) is 7.95. The van der Waals surface area contributed by atoms with Crippen LogP contribution >= 0.6 is 34.2 Å². The fourth-order valence-electron chi connectivity index (χ4n) is 1.51. The molecule has 1 heterocycles. The van der Waals surface area contributed by atoms with Gasteiger partial charge in [0.25, 0.3) is 0 Å². The summed E-state index contributed by atoms with van der Waals surface area (Å²) in [7, 11) is 0. The first-order valence-corrected chi connectivity index (χ1v) is 7.24. The molecule has 1 atom stereocenters. The molecule has 0 aromatic carbocycles. The number of halogens is 2. The molecular weight excluding hydrogens is 351 g/mol. The largest absolute Gasteiger partial charge is 0.371 e. The van der Waals surface area contributed by atoms with Crippen molar-refractivity contribution in [1.82, 2.24) is 9.97 Å². The van der Waals surface area contributed by atoms with Gasteiger partial charge in [-0.2, -0.15) is 0 Å². The lowest BCUT2D eigenvalue weighted by molar-refractivity contribution is 0.0698. The van der Waals surface area contributed by atoms with E-state index in [1.807, 2.05) is 13.8 Å². The maximum Gasteiger partial charge on any atom is 0.158 e. The van der Waals surface area contributed by atoms with E-state index < -0.39 is 0 Å². The molecule has 0 amide bonds. The van der Waals surface area contributed by atoms with Crippen LogP contribution in [0.1, 0.15) is 45.3 Å². The maximum atomic E-state index is 6.13. The lowest BCUT2D eigenvalue weighted by Gasteiger charge is -2.14. The molecule has 0 bridgehead atoms. The summed E-state index contributed by atoms with van der Waals surface area (Å²) >= 11 is 8.33. The molecule has 1 unspecified atom stereocenters. The molecule has 0 N–H and O–H groups in total. The molecule has 3 nitrogen and oxygen atoms in total. The van der Waals surface area contributed by atoms with E-state index in [4.69, 9.17) is 16.3 Å². The summed E-state index contributed by atoms with van der Waals surface area (Å²) in [5.74, 6) is 1.22. The van der Waals surface area contributed by atoms with Gasteiger partial charge in [-0.05, 0) is 48.8 Å². The van der Waals surface area contributed by atoms with Gasteiger partial charge in [0.15, 0.2) is 5.82 Å². The van der Waals surface area contributed by atoms with Crippen LogP contribution in [0.5, 0.6) is 0 Å². The van der Waals surface area contributed by atoms with Gasteiger partial charge < -0.3 is 4.74 Å². The summed E-state index contributed by atoms with van der Waals surface area (Å²) in [6.07, 6.45) is 0.798. The van der Waals surface area contributed by atoms with E-state index >= 15 is 0 Å². The Labute approximate surface area is 121 Å². The molecule has 0 spiro atoms. The van der Waals surface area contributed by atoms with Crippen molar-refractivity contribution in [2.75, 3.05) is 6.61 Å². The summed E-state index contributed by atoms with van der Waals surface area (Å²) in [6.45, 7) is 8.88. The second-order valence-corrected chi connectivity index (χ2v) is 5.77. The van der Waals surface area contributed by atoms with E-state index in [0.29, 0.717) is 23.5 Å². The highest BCUT2D eigenvalue weighted by Gasteiger charge is 2.16. The Kier molecular flexibility index (Phi) is 6.09. The second-order valence-electron chi connectivity index (χ2n) is 4.33. The predicted molar refractivity (Wildman–Crippen MR) is 78.3 cm³/mol. The van der Waals surface area contributed by atoms with Crippen LogP contribution in [0.25, 0.3) is 0 Å². The molecule has 0 aliphatic rings. The highest BCUT2D eigenvalue weighted by atomic mass is 127. The number of nitrogens with zero attached hydrogens (tertiary/aromatic N) is 2. The van der Waals surface area contributed by atoms with Crippen molar-refractivity contribution in [3.8, 4) is 0 Å². The van der Waals surface area contributed by atoms with Crippen molar-refractivity contribution >= 4 is 34.2 Å². The normalized spacial score (nSPS) is 13.1. The van der Waals surface area contributed by atoms with Gasteiger partial charge in [-0.25, -0.2) is 9.97 Å². The van der Waals surface area contributed by atoms with Gasteiger partial charge in [0.1, 0.15) is 11.3 Å². The van der Waals surface area contributed by atoms with Crippen LogP contribution in [-0.4, -0.2) is 16.6 Å². The highest BCUT2D eigenvalue weighted by molar-refractivity contribution is 14.1. The van der Waals surface area contributed by atoms with E-state index in [9.17, 15) is 0 Å². The smallest absolute Gasteiger partial charge is 0.158 e. The van der Waals surface area contributed by atoms with Crippen molar-refractivity contribution in [2.45, 2.75) is 40.2 Å². The summed E-state index contributed by atoms with van der Waals surface area (Å²) in [5, 5.41) is 0.526. The van der Waals surface area contributed by atoms with E-state index in [-0.39, 0.29) is 6.10 Å². The molecule has 1 aromatic heterocycles. The highest BCUT2D eigenvalue weighted by Crippen LogP contribution is 2.24. The number of hydrogen-bond acceptors (Lipinski definition) is 3. The maximum absolute atomic E-state index is 6.13. The Morgan fingerprint density at radius 3 is 2.47 bits per heavy atom. The summed E-state index contributed by atoms with van der Waals surface area (Å²) in [4.78, 5) is 8.84. The summed E-state index contributed by atoms with van der Waals surface area (Å²) in [6, 6.07) is 0. The van der Waals surface area contributed by atoms with Crippen molar-refractivity contribution in [1.29, 1.82) is 0 Å². The zero-order valence-corrected chi connectivity index (χ0v) is 13.5. The lowest BCUT2D eigenvalue weighted by Crippen LogP contribution is -2.10. The van der Waals surface area contributed by atoms with Crippen molar-refractivity contribution in [3.05, 3.63) is 20.2 Å². The van der Waals surface area contributed by atoms with Gasteiger partial charge in [0.05, 0.1) is 9.26 Å². The van der Waals surface area contributed by atoms with Crippen LogP contribution in [0.4, 0.5) is 0 Å². The fraction of sp³-hybridized carbons (Fsp3) is 0.667. The van der Waals surface area contributed by atoms with Gasteiger partial charge in [-0.3, -0.25) is 0 Å². The fourth-order valence-corrected chi connectivity index (χ4v) is 2.17. The predicted octanol–water partition coefficient (Wildman–Crippen LogP) is 4.03. The van der Waals surface area contributed by atoms with Crippen molar-refractivity contribution in [3.63, 3.8) is 0 Å². The Bertz CT molecular complexity index is 385. The number of ether oxygens (including phenoxy) is 1. The Balaban J connectivity index is 3.05. The Hall–Kier alpha value is 0.0600. The van der Waals surface area contributed by atoms with E-state index in [1.54, 1.807) is 0 Å². The Morgan fingerprint density at radius 2 is 1.94 bits per heavy atom. The van der Waals surface area contributed by atoms with Gasteiger partial charge >= 0.3 is 0 Å². The molecule has 0 fully saturated rings. The molecule has 1 aromatic rings. The third-order valence-corrected chi connectivity index (χ3v) is 4.00. The average Bonchev–Trinajstić information content (AvgIpc) is 2.24. The first-order valence-electron chi connectivity index (χ1n) is 5.79. The second kappa shape index (κ2) is 6.85. The SMILES string of the molecule is CCOC(C)c1nc(Cl)c(I)c(CC(C)C)n1. The van der Waals surface area contributed by atoms with Gasteiger partial charge in [0, 0.05) is 6.61 Å². The lowest BCUT2D eigenvalue weighted by atomic mass is 10.1. The molecule has 96 valence electrons. The average molecular weight is 369 g/mol. The molecular formula is C12H18ClIN2O. The molecule has 0 saturated heterocycles. The topological polar surface area (TPSA) is 35.0 Å². The Morgan fingerprint density at radius 1 is 1.29 bits per heavy atom. The molecule has 0 saturated carbocycles. The van der Waals surface area contributed by atoms with Crippen LogP contribution in [0.3, 0.4) is 0 Å². The first kappa shape index (κ1) is 15.1. The standard InChI is InChI=1S/C12H18ClIN2O/c1-5-17-8(4)12-15-9(6-7(2)3)10(14)11(13)16-12/h7-8H,5-6H2,1-4H3. The monoisotopic (exact) mass is 368 g/mol. The van der Waals surface area contributed by atoms with E-state index in [1.165, 1.54) is 0 Å². The number of rotatable bonds is 5. The minimum Gasteiger partial charge on any atom is -0.371 e. The third-order valence-electron chi connectivity index (χ3n) is 2.28. The number of aromatic nitrogens is 2. The van der Waals surface area contributed by atoms with Crippen LogP contribution in [-0.2, 0) is 11.2 Å². The molecule has 1 rings (SSSR count).